The molecular weight excluding hydrogens is 326 g/mol. The molecule has 1 fully saturated rings. The second kappa shape index (κ2) is 4.64. The third-order valence-electron chi connectivity index (χ3n) is 3.23. The van der Waals surface area contributed by atoms with Gasteiger partial charge in [-0.15, -0.1) is 0 Å². The van der Waals surface area contributed by atoms with Gasteiger partial charge >= 0.3 is 0 Å². The molecule has 0 radical (unpaired) electrons. The first kappa shape index (κ1) is 12.0. The Hall–Kier alpha value is -1.80. The second-order valence-electron chi connectivity index (χ2n) is 4.56. The minimum atomic E-state index is -0.0858. The van der Waals surface area contributed by atoms with Crippen LogP contribution in [0.3, 0.4) is 0 Å². The average molecular weight is 336 g/mol. The summed E-state index contributed by atoms with van der Waals surface area (Å²) in [6, 6.07) is 1.90. The van der Waals surface area contributed by atoms with Gasteiger partial charge < -0.3 is 9.26 Å². The normalized spacial score (nSPS) is 18.9. The molecular formula is C12H10BrN5O2. The molecule has 0 bridgehead atoms. The van der Waals surface area contributed by atoms with Gasteiger partial charge in [0.2, 0.25) is 5.82 Å². The van der Waals surface area contributed by atoms with Crippen LogP contribution in [-0.2, 0) is 4.74 Å². The monoisotopic (exact) mass is 335 g/mol. The molecule has 0 spiro atoms. The highest BCUT2D eigenvalue weighted by molar-refractivity contribution is 9.10. The van der Waals surface area contributed by atoms with E-state index in [0.29, 0.717) is 17.4 Å². The molecule has 0 N–H and O–H groups in total. The van der Waals surface area contributed by atoms with Gasteiger partial charge in [0, 0.05) is 17.3 Å². The molecule has 1 saturated heterocycles. The molecule has 3 aromatic rings. The van der Waals surface area contributed by atoms with Crippen LogP contribution in [0.5, 0.6) is 0 Å². The van der Waals surface area contributed by atoms with Crippen molar-refractivity contribution in [3.8, 4) is 11.4 Å². The van der Waals surface area contributed by atoms with E-state index in [1.165, 1.54) is 6.33 Å². The zero-order valence-electron chi connectivity index (χ0n) is 10.4. The third-order valence-corrected chi connectivity index (χ3v) is 3.66. The van der Waals surface area contributed by atoms with Crippen molar-refractivity contribution < 1.29 is 9.26 Å². The SMILES string of the molecule is Brc1cc(-c2noc([C@H]3CCCO3)n2)c2ncnn2c1. The van der Waals surface area contributed by atoms with Crippen molar-refractivity contribution in [3.05, 3.63) is 29.0 Å². The summed E-state index contributed by atoms with van der Waals surface area (Å²) in [5, 5.41) is 8.15. The van der Waals surface area contributed by atoms with Gasteiger partial charge in [-0.25, -0.2) is 9.50 Å². The van der Waals surface area contributed by atoms with Crippen LogP contribution in [0.15, 0.2) is 27.6 Å². The summed E-state index contributed by atoms with van der Waals surface area (Å²) in [5.74, 6) is 1.02. The lowest BCUT2D eigenvalue weighted by molar-refractivity contribution is 0.0835. The number of fused-ring (bicyclic) bond motifs is 1. The first-order valence-corrected chi connectivity index (χ1v) is 7.05. The van der Waals surface area contributed by atoms with E-state index in [9.17, 15) is 0 Å². The Morgan fingerprint density at radius 3 is 3.20 bits per heavy atom. The smallest absolute Gasteiger partial charge is 0.256 e. The van der Waals surface area contributed by atoms with Crippen LogP contribution in [0.4, 0.5) is 0 Å². The lowest BCUT2D eigenvalue weighted by Gasteiger charge is -2.01. The molecule has 0 unspecified atom stereocenters. The molecule has 7 nitrogen and oxygen atoms in total. The van der Waals surface area contributed by atoms with Crippen molar-refractivity contribution in [1.82, 2.24) is 24.7 Å². The highest BCUT2D eigenvalue weighted by atomic mass is 79.9. The molecule has 4 heterocycles. The van der Waals surface area contributed by atoms with Crippen molar-refractivity contribution in [1.29, 1.82) is 0 Å². The van der Waals surface area contributed by atoms with E-state index < -0.39 is 0 Å². The average Bonchev–Trinajstić information content (AvgIpc) is 3.18. The maximum absolute atomic E-state index is 5.55. The van der Waals surface area contributed by atoms with Crippen LogP contribution >= 0.6 is 15.9 Å². The standard InChI is InChI=1S/C12H10BrN5O2/c13-7-4-8(11-14-6-15-18(11)5-7)10-16-12(20-17-10)9-2-1-3-19-9/h4-6,9H,1-3H2/t9-/m1/s1. The number of aromatic nitrogens is 5. The molecule has 102 valence electrons. The molecule has 1 aliphatic rings. The largest absolute Gasteiger partial charge is 0.368 e. The molecule has 4 rings (SSSR count). The number of halogens is 1. The topological polar surface area (TPSA) is 78.3 Å². The third kappa shape index (κ3) is 1.92. The first-order chi connectivity index (χ1) is 9.81. The van der Waals surface area contributed by atoms with Crippen molar-refractivity contribution in [2.75, 3.05) is 6.61 Å². The molecule has 8 heteroatoms. The van der Waals surface area contributed by atoms with Gasteiger partial charge in [0.25, 0.3) is 5.89 Å². The van der Waals surface area contributed by atoms with E-state index >= 15 is 0 Å². The summed E-state index contributed by atoms with van der Waals surface area (Å²) in [4.78, 5) is 8.65. The predicted octanol–water partition coefficient (Wildman–Crippen LogP) is 2.39. The maximum atomic E-state index is 5.55. The Morgan fingerprint density at radius 2 is 2.35 bits per heavy atom. The first-order valence-electron chi connectivity index (χ1n) is 6.26. The Balaban J connectivity index is 1.80. The van der Waals surface area contributed by atoms with Crippen molar-refractivity contribution >= 4 is 21.6 Å². The summed E-state index contributed by atoms with van der Waals surface area (Å²) in [6.45, 7) is 0.744. The molecule has 3 aromatic heterocycles. The van der Waals surface area contributed by atoms with E-state index in [2.05, 4.69) is 36.2 Å². The number of nitrogens with zero attached hydrogens (tertiary/aromatic N) is 5. The second-order valence-corrected chi connectivity index (χ2v) is 5.47. The summed E-state index contributed by atoms with van der Waals surface area (Å²) in [7, 11) is 0. The van der Waals surface area contributed by atoms with Gasteiger partial charge in [-0.3, -0.25) is 0 Å². The van der Waals surface area contributed by atoms with Gasteiger partial charge in [-0.1, -0.05) is 5.16 Å². The number of hydrogen-bond acceptors (Lipinski definition) is 6. The van der Waals surface area contributed by atoms with E-state index in [-0.39, 0.29) is 6.10 Å². The van der Waals surface area contributed by atoms with Gasteiger partial charge in [-0.2, -0.15) is 10.1 Å². The van der Waals surface area contributed by atoms with Gasteiger partial charge in [0.1, 0.15) is 12.4 Å². The number of ether oxygens (including phenoxy) is 1. The Bertz CT molecular complexity index is 762. The zero-order chi connectivity index (χ0) is 13.5. The zero-order valence-corrected chi connectivity index (χ0v) is 11.9. The number of pyridine rings is 1. The molecule has 0 aliphatic carbocycles. The fraction of sp³-hybridized carbons (Fsp3) is 0.333. The van der Waals surface area contributed by atoms with Crippen molar-refractivity contribution in [3.63, 3.8) is 0 Å². The fourth-order valence-electron chi connectivity index (χ4n) is 2.31. The van der Waals surface area contributed by atoms with Gasteiger partial charge in [-0.05, 0) is 34.8 Å². The molecule has 0 aromatic carbocycles. The lowest BCUT2D eigenvalue weighted by atomic mass is 10.2. The minimum Gasteiger partial charge on any atom is -0.368 e. The maximum Gasteiger partial charge on any atom is 0.256 e. The molecule has 20 heavy (non-hydrogen) atoms. The van der Waals surface area contributed by atoms with E-state index in [0.717, 1.165) is 29.5 Å². The summed E-state index contributed by atoms with van der Waals surface area (Å²) in [5.41, 5.74) is 1.46. The highest BCUT2D eigenvalue weighted by Gasteiger charge is 2.25. The Labute approximate surface area is 122 Å². The van der Waals surface area contributed by atoms with Crippen LogP contribution in [0.2, 0.25) is 0 Å². The molecule has 0 amide bonds. The van der Waals surface area contributed by atoms with E-state index in [1.54, 1.807) is 4.52 Å². The number of hydrogen-bond donors (Lipinski definition) is 0. The van der Waals surface area contributed by atoms with Crippen LogP contribution < -0.4 is 0 Å². The molecule has 1 atom stereocenters. The van der Waals surface area contributed by atoms with Crippen LogP contribution in [0.1, 0.15) is 24.8 Å². The lowest BCUT2D eigenvalue weighted by Crippen LogP contribution is -1.96. The van der Waals surface area contributed by atoms with E-state index in [1.807, 2.05) is 12.3 Å². The summed E-state index contributed by atoms with van der Waals surface area (Å²) >= 11 is 3.44. The van der Waals surface area contributed by atoms with Crippen molar-refractivity contribution in [2.24, 2.45) is 0 Å². The Morgan fingerprint density at radius 1 is 1.40 bits per heavy atom. The summed E-state index contributed by atoms with van der Waals surface area (Å²) < 4.78 is 13.4. The Kier molecular flexibility index (Phi) is 2.78. The quantitative estimate of drug-likeness (QED) is 0.715. The predicted molar refractivity (Wildman–Crippen MR) is 71.9 cm³/mol. The molecule has 1 aliphatic heterocycles. The fourth-order valence-corrected chi connectivity index (χ4v) is 2.73. The van der Waals surface area contributed by atoms with E-state index in [4.69, 9.17) is 9.26 Å². The summed E-state index contributed by atoms with van der Waals surface area (Å²) in [6.07, 6.45) is 5.17. The van der Waals surface area contributed by atoms with Crippen LogP contribution in [-0.4, -0.2) is 31.3 Å². The van der Waals surface area contributed by atoms with Crippen molar-refractivity contribution in [2.45, 2.75) is 18.9 Å². The molecule has 0 saturated carbocycles. The van der Waals surface area contributed by atoms with Gasteiger partial charge in [0.15, 0.2) is 5.65 Å². The van der Waals surface area contributed by atoms with Gasteiger partial charge in [0.05, 0.1) is 5.56 Å². The highest BCUT2D eigenvalue weighted by Crippen LogP contribution is 2.30. The van der Waals surface area contributed by atoms with Crippen LogP contribution in [0.25, 0.3) is 17.0 Å². The van der Waals surface area contributed by atoms with Crippen LogP contribution in [0, 0.1) is 0 Å². The number of rotatable bonds is 2. The minimum absolute atomic E-state index is 0.0858.